The van der Waals surface area contributed by atoms with Crippen LogP contribution in [0.4, 0.5) is 16.2 Å². The molecule has 1 aliphatic heterocycles. The number of urea groups is 1. The number of hydrogen-bond acceptors (Lipinski definition) is 7. The summed E-state index contributed by atoms with van der Waals surface area (Å²) in [6.45, 7) is 5.43. The highest BCUT2D eigenvalue weighted by Crippen LogP contribution is 2.34. The van der Waals surface area contributed by atoms with Crippen molar-refractivity contribution in [2.24, 2.45) is 0 Å². The molecule has 4 rings (SSSR count). The second-order valence-corrected chi connectivity index (χ2v) is 10.6. The van der Waals surface area contributed by atoms with Gasteiger partial charge in [0.1, 0.15) is 17.6 Å². The van der Waals surface area contributed by atoms with E-state index in [1.54, 1.807) is 61.6 Å². The normalized spacial score (nSPS) is 13.2. The zero-order valence-electron chi connectivity index (χ0n) is 25.9. The Morgan fingerprint density at radius 3 is 2.32 bits per heavy atom. The molecule has 3 N–H and O–H groups in total. The van der Waals surface area contributed by atoms with Crippen molar-refractivity contribution in [3.63, 3.8) is 0 Å². The van der Waals surface area contributed by atoms with Crippen molar-refractivity contribution >= 4 is 23.3 Å². The fourth-order valence-corrected chi connectivity index (χ4v) is 4.87. The van der Waals surface area contributed by atoms with Crippen molar-refractivity contribution in [2.75, 3.05) is 57.2 Å². The highest BCUT2D eigenvalue weighted by atomic mass is 16.5. The Bertz CT molecular complexity index is 1330. The fourth-order valence-electron chi connectivity index (χ4n) is 4.87. The number of amides is 3. The topological polar surface area (TPSA) is 110 Å². The van der Waals surface area contributed by atoms with Gasteiger partial charge in [-0.1, -0.05) is 19.8 Å². The first-order chi connectivity index (χ1) is 21.5. The summed E-state index contributed by atoms with van der Waals surface area (Å²) in [7, 11) is 3.16. The molecule has 0 bridgehead atoms. The molecule has 0 radical (unpaired) electrons. The summed E-state index contributed by atoms with van der Waals surface area (Å²) in [6, 6.07) is 19.5. The Morgan fingerprint density at radius 2 is 1.64 bits per heavy atom. The SMILES string of the molecule is CCCCCNC(=O)Nc1ccc(Oc2ccc(N(CCOC)C(=O)c3ccc(OC4CCNCC4)cc3)cc2)c(OC)c1. The molecule has 0 atom stereocenters. The lowest BCUT2D eigenvalue weighted by molar-refractivity contribution is 0.0975. The summed E-state index contributed by atoms with van der Waals surface area (Å²) in [5, 5.41) is 9.02. The molecule has 10 heteroatoms. The lowest BCUT2D eigenvalue weighted by Gasteiger charge is -2.25. The van der Waals surface area contributed by atoms with Crippen molar-refractivity contribution in [3.8, 4) is 23.0 Å². The molecule has 0 unspecified atom stereocenters. The van der Waals surface area contributed by atoms with E-state index in [0.717, 1.165) is 50.9 Å². The second kappa shape index (κ2) is 17.1. The quantitative estimate of drug-likeness (QED) is 0.177. The van der Waals surface area contributed by atoms with Crippen molar-refractivity contribution in [3.05, 3.63) is 72.3 Å². The number of piperidine rings is 1. The van der Waals surface area contributed by atoms with E-state index >= 15 is 0 Å². The summed E-state index contributed by atoms with van der Waals surface area (Å²) in [6.07, 6.45) is 5.25. The number of ether oxygens (including phenoxy) is 4. The molecule has 3 amide bonds. The van der Waals surface area contributed by atoms with Gasteiger partial charge in [-0.2, -0.15) is 0 Å². The first-order valence-corrected chi connectivity index (χ1v) is 15.3. The highest BCUT2D eigenvalue weighted by Gasteiger charge is 2.19. The van der Waals surface area contributed by atoms with Crippen LogP contribution in [-0.2, 0) is 4.74 Å². The van der Waals surface area contributed by atoms with Crippen LogP contribution in [-0.4, -0.2) is 65.0 Å². The lowest BCUT2D eigenvalue weighted by Crippen LogP contribution is -2.34. The van der Waals surface area contributed by atoms with Crippen LogP contribution in [0, 0.1) is 0 Å². The van der Waals surface area contributed by atoms with E-state index in [2.05, 4.69) is 22.9 Å². The van der Waals surface area contributed by atoms with Gasteiger partial charge >= 0.3 is 6.03 Å². The number of anilines is 2. The van der Waals surface area contributed by atoms with Crippen LogP contribution < -0.4 is 35.1 Å². The maximum absolute atomic E-state index is 13.5. The van der Waals surface area contributed by atoms with Gasteiger partial charge in [0.25, 0.3) is 5.91 Å². The Labute approximate surface area is 260 Å². The first-order valence-electron chi connectivity index (χ1n) is 15.3. The molecule has 1 saturated heterocycles. The molecule has 10 nitrogen and oxygen atoms in total. The third-order valence-corrected chi connectivity index (χ3v) is 7.32. The molecule has 1 aliphatic rings. The van der Waals surface area contributed by atoms with Crippen LogP contribution in [0.25, 0.3) is 0 Å². The number of benzene rings is 3. The Morgan fingerprint density at radius 1 is 0.909 bits per heavy atom. The molecule has 0 spiro atoms. The average Bonchev–Trinajstić information content (AvgIpc) is 3.05. The smallest absolute Gasteiger partial charge is 0.319 e. The second-order valence-electron chi connectivity index (χ2n) is 10.6. The Balaban J connectivity index is 1.39. The van der Waals surface area contributed by atoms with E-state index < -0.39 is 0 Å². The number of carbonyl (C=O) groups excluding carboxylic acids is 2. The van der Waals surface area contributed by atoms with Gasteiger partial charge in [0.2, 0.25) is 0 Å². The predicted molar refractivity (Wildman–Crippen MR) is 173 cm³/mol. The van der Waals surface area contributed by atoms with Crippen molar-refractivity contribution < 1.29 is 28.5 Å². The van der Waals surface area contributed by atoms with Gasteiger partial charge in [-0.25, -0.2) is 4.79 Å². The minimum absolute atomic E-state index is 0.136. The predicted octanol–water partition coefficient (Wildman–Crippen LogP) is 6.22. The summed E-state index contributed by atoms with van der Waals surface area (Å²) in [4.78, 5) is 27.4. The van der Waals surface area contributed by atoms with Crippen LogP contribution >= 0.6 is 0 Å². The van der Waals surface area contributed by atoms with Gasteiger partial charge < -0.3 is 39.8 Å². The van der Waals surface area contributed by atoms with E-state index in [9.17, 15) is 9.59 Å². The van der Waals surface area contributed by atoms with E-state index in [4.69, 9.17) is 18.9 Å². The number of nitrogens with one attached hydrogen (secondary N) is 3. The Kier molecular flexibility index (Phi) is 12.7. The van der Waals surface area contributed by atoms with Crippen molar-refractivity contribution in [2.45, 2.75) is 45.1 Å². The van der Waals surface area contributed by atoms with E-state index in [1.165, 1.54) is 0 Å². The zero-order chi connectivity index (χ0) is 31.1. The molecule has 3 aromatic rings. The molecule has 0 saturated carbocycles. The lowest BCUT2D eigenvalue weighted by atomic mass is 10.1. The monoisotopic (exact) mass is 604 g/mol. The van der Waals surface area contributed by atoms with Crippen LogP contribution in [0.2, 0.25) is 0 Å². The zero-order valence-corrected chi connectivity index (χ0v) is 25.9. The van der Waals surface area contributed by atoms with E-state index in [1.807, 2.05) is 24.3 Å². The maximum atomic E-state index is 13.5. The van der Waals surface area contributed by atoms with E-state index in [-0.39, 0.29) is 18.0 Å². The molecule has 236 valence electrons. The third-order valence-electron chi connectivity index (χ3n) is 7.32. The largest absolute Gasteiger partial charge is 0.493 e. The summed E-state index contributed by atoms with van der Waals surface area (Å²) >= 11 is 0. The van der Waals surface area contributed by atoms with Gasteiger partial charge in [0.05, 0.1) is 13.7 Å². The number of nitrogens with zero attached hydrogens (tertiary/aromatic N) is 1. The van der Waals surface area contributed by atoms with E-state index in [0.29, 0.717) is 53.9 Å². The Hall–Kier alpha value is -4.28. The first kappa shape index (κ1) is 32.6. The van der Waals surface area contributed by atoms with Crippen LogP contribution in [0.3, 0.4) is 0 Å². The van der Waals surface area contributed by atoms with Crippen LogP contribution in [0.5, 0.6) is 23.0 Å². The maximum Gasteiger partial charge on any atom is 0.319 e. The van der Waals surface area contributed by atoms with Crippen LogP contribution in [0.1, 0.15) is 49.4 Å². The van der Waals surface area contributed by atoms with Crippen LogP contribution in [0.15, 0.2) is 66.7 Å². The van der Waals surface area contributed by atoms with Gasteiger partial charge in [0, 0.05) is 43.2 Å². The standard InChI is InChI=1S/C34H44N4O6/c1-4-5-6-19-36-34(40)37-26-9-16-31(32(24-26)42-3)44-29-14-10-27(11-15-29)38(22-23-41-2)33(39)25-7-12-28(13-8-25)43-30-17-20-35-21-18-30/h7-16,24,30,35H,4-6,17-23H2,1-3H3,(H2,36,37,40). The third kappa shape index (κ3) is 9.62. The summed E-state index contributed by atoms with van der Waals surface area (Å²) in [5.41, 5.74) is 1.87. The average molecular weight is 605 g/mol. The van der Waals surface area contributed by atoms with Crippen molar-refractivity contribution in [1.82, 2.24) is 10.6 Å². The number of unbranched alkanes of at least 4 members (excludes halogenated alkanes) is 2. The number of methoxy groups -OCH3 is 2. The molecule has 1 heterocycles. The molecule has 0 aromatic heterocycles. The van der Waals surface area contributed by atoms with Gasteiger partial charge in [-0.05, 0) is 93.0 Å². The van der Waals surface area contributed by atoms with Gasteiger partial charge in [-0.15, -0.1) is 0 Å². The minimum Gasteiger partial charge on any atom is -0.493 e. The summed E-state index contributed by atoms with van der Waals surface area (Å²) < 4.78 is 23.0. The van der Waals surface area contributed by atoms with Gasteiger partial charge in [0.15, 0.2) is 11.5 Å². The molecule has 1 fully saturated rings. The molecular formula is C34H44N4O6. The molecule has 0 aliphatic carbocycles. The number of rotatable bonds is 15. The highest BCUT2D eigenvalue weighted by molar-refractivity contribution is 6.06. The number of carbonyl (C=O) groups is 2. The molecule has 3 aromatic carbocycles. The number of hydrogen-bond donors (Lipinski definition) is 3. The molecular weight excluding hydrogens is 560 g/mol. The minimum atomic E-state index is -0.263. The fraction of sp³-hybridized carbons (Fsp3) is 0.412. The summed E-state index contributed by atoms with van der Waals surface area (Å²) in [5.74, 6) is 2.17. The van der Waals surface area contributed by atoms with Gasteiger partial charge in [-0.3, -0.25) is 4.79 Å². The van der Waals surface area contributed by atoms with Crippen molar-refractivity contribution in [1.29, 1.82) is 0 Å². The molecule has 44 heavy (non-hydrogen) atoms.